The summed E-state index contributed by atoms with van der Waals surface area (Å²) in [5.74, 6) is -3.67. The predicted molar refractivity (Wildman–Crippen MR) is 72.7 cm³/mol. The fraction of sp³-hybridized carbons (Fsp3) is 0.143. The third kappa shape index (κ3) is 3.50. The van der Waals surface area contributed by atoms with Gasteiger partial charge < -0.3 is 10.6 Å². The highest BCUT2D eigenvalue weighted by Crippen LogP contribution is 2.21. The van der Waals surface area contributed by atoms with Gasteiger partial charge in [0.15, 0.2) is 11.6 Å². The first kappa shape index (κ1) is 14.8. The number of rotatable bonds is 4. The van der Waals surface area contributed by atoms with Gasteiger partial charge in [0, 0.05) is 30.4 Å². The Morgan fingerprint density at radius 3 is 2.48 bits per heavy atom. The third-order valence-corrected chi connectivity index (χ3v) is 2.63. The molecule has 2 rings (SSSR count). The molecule has 2 N–H and O–H groups in total. The molecule has 0 aliphatic rings. The van der Waals surface area contributed by atoms with Gasteiger partial charge in [-0.1, -0.05) is 0 Å². The Bertz CT molecular complexity index is 653. The zero-order valence-electron chi connectivity index (χ0n) is 11.1. The average Bonchev–Trinajstić information content (AvgIpc) is 2.43. The Hall–Kier alpha value is -2.57. The average molecular weight is 295 g/mol. The number of carbonyl (C=O) groups excluding carboxylic acids is 1. The van der Waals surface area contributed by atoms with Crippen molar-refractivity contribution in [3.8, 4) is 0 Å². The summed E-state index contributed by atoms with van der Waals surface area (Å²) >= 11 is 0. The van der Waals surface area contributed by atoms with Gasteiger partial charge >= 0.3 is 0 Å². The summed E-state index contributed by atoms with van der Waals surface area (Å²) in [7, 11) is 0. The molecule has 110 valence electrons. The van der Waals surface area contributed by atoms with E-state index in [4.69, 9.17) is 0 Å². The van der Waals surface area contributed by atoms with Gasteiger partial charge in [0.1, 0.15) is 17.3 Å². The van der Waals surface area contributed by atoms with E-state index in [1.807, 2.05) is 6.92 Å². The Kier molecular flexibility index (Phi) is 4.42. The smallest absolute Gasteiger partial charge is 0.256 e. The molecule has 7 heteroatoms. The van der Waals surface area contributed by atoms with Crippen molar-refractivity contribution in [3.05, 3.63) is 53.5 Å². The van der Waals surface area contributed by atoms with E-state index in [-0.39, 0.29) is 5.56 Å². The van der Waals surface area contributed by atoms with Gasteiger partial charge in [-0.15, -0.1) is 0 Å². The Balaban J connectivity index is 2.24. The van der Waals surface area contributed by atoms with Crippen LogP contribution in [0.15, 0.2) is 30.5 Å². The molecule has 0 aliphatic heterocycles. The second-order valence-corrected chi connectivity index (χ2v) is 4.16. The lowest BCUT2D eigenvalue weighted by Crippen LogP contribution is -2.15. The Morgan fingerprint density at radius 2 is 1.86 bits per heavy atom. The number of halogens is 3. The number of carbonyl (C=O) groups is 1. The molecule has 0 fully saturated rings. The van der Waals surface area contributed by atoms with Crippen molar-refractivity contribution in [3.63, 3.8) is 0 Å². The summed E-state index contributed by atoms with van der Waals surface area (Å²) in [6.45, 7) is 2.47. The van der Waals surface area contributed by atoms with Crippen LogP contribution in [-0.2, 0) is 0 Å². The molecule has 0 unspecified atom stereocenters. The number of amides is 1. The molecular formula is C14H12F3N3O. The molecule has 21 heavy (non-hydrogen) atoms. The molecule has 0 aliphatic carbocycles. The van der Waals surface area contributed by atoms with Crippen LogP contribution in [0.3, 0.4) is 0 Å². The minimum atomic E-state index is -1.18. The van der Waals surface area contributed by atoms with Gasteiger partial charge in [0.05, 0.1) is 0 Å². The standard InChI is InChI=1S/C14H12F3N3O/c1-2-18-12-5-8(3-4-19-12)14(21)20-13-10(16)6-9(15)7-11(13)17/h3-7H,2H2,1H3,(H,18,19)(H,20,21). The maximum atomic E-state index is 13.5. The van der Waals surface area contributed by atoms with Crippen LogP contribution >= 0.6 is 0 Å². The topological polar surface area (TPSA) is 54.0 Å². The predicted octanol–water partition coefficient (Wildman–Crippen LogP) is 3.18. The van der Waals surface area contributed by atoms with Crippen molar-refractivity contribution in [2.45, 2.75) is 6.92 Å². The van der Waals surface area contributed by atoms with Gasteiger partial charge in [-0.3, -0.25) is 4.79 Å². The second-order valence-electron chi connectivity index (χ2n) is 4.16. The Labute approximate surface area is 119 Å². The van der Waals surface area contributed by atoms with Gasteiger partial charge in [-0.05, 0) is 19.1 Å². The summed E-state index contributed by atoms with van der Waals surface area (Å²) in [5.41, 5.74) is -0.521. The van der Waals surface area contributed by atoms with Crippen LogP contribution in [0.1, 0.15) is 17.3 Å². The molecule has 0 saturated heterocycles. The summed E-state index contributed by atoms with van der Waals surface area (Å²) in [4.78, 5) is 15.9. The van der Waals surface area contributed by atoms with Crippen LogP contribution in [0, 0.1) is 17.5 Å². The lowest BCUT2D eigenvalue weighted by atomic mass is 10.2. The zero-order valence-corrected chi connectivity index (χ0v) is 11.1. The summed E-state index contributed by atoms with van der Waals surface area (Å²) in [6, 6.07) is 3.83. The Morgan fingerprint density at radius 1 is 1.19 bits per heavy atom. The molecule has 0 atom stereocenters. The van der Waals surface area contributed by atoms with E-state index < -0.39 is 29.0 Å². The first-order chi connectivity index (χ1) is 10.0. The molecule has 1 aromatic heterocycles. The van der Waals surface area contributed by atoms with E-state index in [2.05, 4.69) is 15.6 Å². The molecule has 1 heterocycles. The van der Waals surface area contributed by atoms with Gasteiger partial charge in [0.2, 0.25) is 0 Å². The lowest BCUT2D eigenvalue weighted by Gasteiger charge is -2.09. The van der Waals surface area contributed by atoms with E-state index in [1.165, 1.54) is 18.3 Å². The quantitative estimate of drug-likeness (QED) is 0.911. The summed E-state index contributed by atoms with van der Waals surface area (Å²) in [5, 5.41) is 4.99. The van der Waals surface area contributed by atoms with Crippen molar-refractivity contribution < 1.29 is 18.0 Å². The normalized spacial score (nSPS) is 10.3. The van der Waals surface area contributed by atoms with E-state index in [9.17, 15) is 18.0 Å². The second kappa shape index (κ2) is 6.25. The molecule has 1 amide bonds. The van der Waals surface area contributed by atoms with E-state index in [1.54, 1.807) is 0 Å². The monoisotopic (exact) mass is 295 g/mol. The first-order valence-corrected chi connectivity index (χ1v) is 6.17. The van der Waals surface area contributed by atoms with Crippen molar-refractivity contribution in [1.82, 2.24) is 4.98 Å². The van der Waals surface area contributed by atoms with Crippen LogP contribution in [0.5, 0.6) is 0 Å². The molecule has 0 saturated carbocycles. The fourth-order valence-corrected chi connectivity index (χ4v) is 1.70. The van der Waals surface area contributed by atoms with Crippen LogP contribution in [-0.4, -0.2) is 17.4 Å². The van der Waals surface area contributed by atoms with E-state index >= 15 is 0 Å². The van der Waals surface area contributed by atoms with Crippen molar-refractivity contribution in [2.24, 2.45) is 0 Å². The molecule has 1 aromatic carbocycles. The van der Waals surface area contributed by atoms with Crippen LogP contribution in [0.25, 0.3) is 0 Å². The van der Waals surface area contributed by atoms with Gasteiger partial charge in [-0.25, -0.2) is 18.2 Å². The number of hydrogen-bond acceptors (Lipinski definition) is 3. The minimum absolute atomic E-state index is 0.170. The van der Waals surface area contributed by atoms with Crippen molar-refractivity contribution in [1.29, 1.82) is 0 Å². The van der Waals surface area contributed by atoms with Gasteiger partial charge in [0.25, 0.3) is 5.91 Å². The zero-order chi connectivity index (χ0) is 15.4. The number of anilines is 2. The number of pyridine rings is 1. The maximum Gasteiger partial charge on any atom is 0.256 e. The highest BCUT2D eigenvalue weighted by Gasteiger charge is 2.15. The van der Waals surface area contributed by atoms with Crippen LogP contribution in [0.4, 0.5) is 24.7 Å². The molecule has 4 nitrogen and oxygen atoms in total. The van der Waals surface area contributed by atoms with E-state index in [0.717, 1.165) is 0 Å². The molecule has 0 spiro atoms. The molecule has 0 bridgehead atoms. The minimum Gasteiger partial charge on any atom is -0.370 e. The van der Waals surface area contributed by atoms with Crippen molar-refractivity contribution in [2.75, 3.05) is 17.2 Å². The van der Waals surface area contributed by atoms with Gasteiger partial charge in [-0.2, -0.15) is 0 Å². The highest BCUT2D eigenvalue weighted by molar-refractivity contribution is 6.04. The molecular weight excluding hydrogens is 283 g/mol. The SMILES string of the molecule is CCNc1cc(C(=O)Nc2c(F)cc(F)cc2F)ccn1. The van der Waals surface area contributed by atoms with E-state index in [0.29, 0.717) is 24.5 Å². The lowest BCUT2D eigenvalue weighted by molar-refractivity contribution is 0.102. The number of nitrogens with one attached hydrogen (secondary N) is 2. The highest BCUT2D eigenvalue weighted by atomic mass is 19.1. The number of hydrogen-bond donors (Lipinski definition) is 2. The number of aromatic nitrogens is 1. The van der Waals surface area contributed by atoms with Crippen LogP contribution < -0.4 is 10.6 Å². The van der Waals surface area contributed by atoms with Crippen LogP contribution in [0.2, 0.25) is 0 Å². The third-order valence-electron chi connectivity index (χ3n) is 2.63. The van der Waals surface area contributed by atoms with Crippen molar-refractivity contribution >= 4 is 17.4 Å². The summed E-state index contributed by atoms with van der Waals surface area (Å²) in [6.07, 6.45) is 1.39. The molecule has 2 aromatic rings. The largest absolute Gasteiger partial charge is 0.370 e. The first-order valence-electron chi connectivity index (χ1n) is 6.17. The number of nitrogens with zero attached hydrogens (tertiary/aromatic N) is 1. The maximum absolute atomic E-state index is 13.5. The molecule has 0 radical (unpaired) electrons. The number of benzene rings is 1. The summed E-state index contributed by atoms with van der Waals surface area (Å²) < 4.78 is 39.7. The fourth-order valence-electron chi connectivity index (χ4n) is 1.70.